The molecule has 1 aromatic rings. The molecule has 0 spiro atoms. The molecule has 0 aromatic carbocycles. The van der Waals surface area contributed by atoms with E-state index in [0.29, 0.717) is 24.2 Å². The van der Waals surface area contributed by atoms with E-state index in [4.69, 9.17) is 16.7 Å². The van der Waals surface area contributed by atoms with Gasteiger partial charge in [-0.1, -0.05) is 11.6 Å². The van der Waals surface area contributed by atoms with E-state index in [-0.39, 0.29) is 6.42 Å². The number of aromatic nitrogens is 2. The number of aliphatic carboxylic acids is 1. The van der Waals surface area contributed by atoms with Crippen LogP contribution in [-0.4, -0.2) is 38.1 Å². The normalized spacial score (nSPS) is 11.4. The lowest BCUT2D eigenvalue weighted by Gasteiger charge is -2.25. The van der Waals surface area contributed by atoms with Gasteiger partial charge in [-0.25, -0.2) is 4.98 Å². The molecule has 0 bridgehead atoms. The number of carboxylic acids is 1. The summed E-state index contributed by atoms with van der Waals surface area (Å²) in [5.74, 6) is 0.141. The molecule has 1 rings (SSSR count). The summed E-state index contributed by atoms with van der Waals surface area (Å²) in [5, 5.41) is 9.26. The van der Waals surface area contributed by atoms with Gasteiger partial charge in [-0.15, -0.1) is 0 Å². The first-order valence-corrected chi connectivity index (χ1v) is 6.41. The molecular weight excluding hydrogens is 254 g/mol. The molecule has 0 radical (unpaired) electrons. The van der Waals surface area contributed by atoms with E-state index in [2.05, 4.69) is 23.7 Å². The number of hydrogen-bond acceptors (Lipinski definition) is 3. The Morgan fingerprint density at radius 1 is 1.61 bits per heavy atom. The number of halogens is 1. The van der Waals surface area contributed by atoms with Crippen LogP contribution in [0, 0.1) is 0 Å². The van der Waals surface area contributed by atoms with Gasteiger partial charge in [-0.3, -0.25) is 9.69 Å². The topological polar surface area (TPSA) is 58.4 Å². The molecule has 0 saturated carbocycles. The maximum atomic E-state index is 10.5. The molecule has 102 valence electrons. The van der Waals surface area contributed by atoms with Crippen LogP contribution in [0.1, 0.15) is 32.5 Å². The summed E-state index contributed by atoms with van der Waals surface area (Å²) in [6.07, 6.45) is 2.48. The third kappa shape index (κ3) is 4.31. The van der Waals surface area contributed by atoms with Crippen LogP contribution < -0.4 is 0 Å². The second kappa shape index (κ2) is 6.75. The second-order valence-corrected chi connectivity index (χ2v) is 5.00. The first kappa shape index (κ1) is 15.0. The zero-order valence-corrected chi connectivity index (χ0v) is 11.8. The van der Waals surface area contributed by atoms with Gasteiger partial charge in [0, 0.05) is 19.5 Å². The van der Waals surface area contributed by atoms with E-state index in [9.17, 15) is 4.79 Å². The predicted molar refractivity (Wildman–Crippen MR) is 70.6 cm³/mol. The fourth-order valence-corrected chi connectivity index (χ4v) is 1.85. The Balaban J connectivity index is 2.57. The minimum Gasteiger partial charge on any atom is -0.481 e. The molecule has 6 heteroatoms. The molecule has 0 aliphatic rings. The molecular formula is C12H20ClN3O2. The third-order valence-corrected chi connectivity index (χ3v) is 3.29. The Kier molecular flexibility index (Phi) is 5.62. The Morgan fingerprint density at radius 3 is 2.72 bits per heavy atom. The Morgan fingerprint density at radius 2 is 2.28 bits per heavy atom. The Labute approximate surface area is 112 Å². The third-order valence-electron chi connectivity index (χ3n) is 2.94. The number of hydrogen-bond donors (Lipinski definition) is 1. The Hall–Kier alpha value is -1.07. The molecule has 18 heavy (non-hydrogen) atoms. The monoisotopic (exact) mass is 273 g/mol. The summed E-state index contributed by atoms with van der Waals surface area (Å²) >= 11 is 5.94. The molecule has 0 unspecified atom stereocenters. The molecule has 5 nitrogen and oxygen atoms in total. The number of carboxylic acid groups (broad SMARTS) is 1. The van der Waals surface area contributed by atoms with Crippen LogP contribution in [0.2, 0.25) is 5.15 Å². The zero-order valence-electron chi connectivity index (χ0n) is 11.1. The minimum atomic E-state index is -0.751. The van der Waals surface area contributed by atoms with Gasteiger partial charge in [-0.2, -0.15) is 0 Å². The van der Waals surface area contributed by atoms with Crippen LogP contribution in [0.4, 0.5) is 0 Å². The first-order chi connectivity index (χ1) is 8.41. The van der Waals surface area contributed by atoms with E-state index >= 15 is 0 Å². The molecule has 0 amide bonds. The summed E-state index contributed by atoms with van der Waals surface area (Å²) in [5.41, 5.74) is 0. The van der Waals surface area contributed by atoms with E-state index in [1.807, 2.05) is 11.6 Å². The number of carbonyl (C=O) groups is 1. The van der Waals surface area contributed by atoms with Crippen molar-refractivity contribution in [1.82, 2.24) is 14.5 Å². The average Bonchev–Trinajstić information content (AvgIpc) is 2.58. The summed E-state index contributed by atoms with van der Waals surface area (Å²) in [7, 11) is 1.88. The molecule has 0 saturated heterocycles. The predicted octanol–water partition coefficient (Wildman–Crippen LogP) is 2.15. The van der Waals surface area contributed by atoms with E-state index in [1.54, 1.807) is 6.20 Å². The highest BCUT2D eigenvalue weighted by Gasteiger charge is 2.14. The van der Waals surface area contributed by atoms with Crippen LogP contribution in [0.15, 0.2) is 6.20 Å². The van der Waals surface area contributed by atoms with E-state index in [0.717, 1.165) is 12.4 Å². The van der Waals surface area contributed by atoms with Crippen LogP contribution in [0.3, 0.4) is 0 Å². The molecule has 0 atom stereocenters. The van der Waals surface area contributed by atoms with Gasteiger partial charge in [0.1, 0.15) is 11.0 Å². The van der Waals surface area contributed by atoms with Crippen molar-refractivity contribution in [1.29, 1.82) is 0 Å². The van der Waals surface area contributed by atoms with Crippen molar-refractivity contribution >= 4 is 17.6 Å². The van der Waals surface area contributed by atoms with Crippen LogP contribution in [0.5, 0.6) is 0 Å². The van der Waals surface area contributed by atoms with Crippen molar-refractivity contribution in [2.24, 2.45) is 7.05 Å². The van der Waals surface area contributed by atoms with Gasteiger partial charge in [-0.05, 0) is 26.8 Å². The van der Waals surface area contributed by atoms with E-state index in [1.165, 1.54) is 0 Å². The van der Waals surface area contributed by atoms with Crippen molar-refractivity contribution < 1.29 is 9.90 Å². The van der Waals surface area contributed by atoms with Gasteiger partial charge < -0.3 is 9.67 Å². The van der Waals surface area contributed by atoms with Crippen molar-refractivity contribution in [3.63, 3.8) is 0 Å². The molecule has 1 N–H and O–H groups in total. The van der Waals surface area contributed by atoms with E-state index < -0.39 is 5.97 Å². The summed E-state index contributed by atoms with van der Waals surface area (Å²) in [6.45, 7) is 5.60. The van der Waals surface area contributed by atoms with Crippen molar-refractivity contribution in [2.75, 3.05) is 6.54 Å². The maximum absolute atomic E-state index is 10.5. The van der Waals surface area contributed by atoms with Gasteiger partial charge in [0.25, 0.3) is 0 Å². The highest BCUT2D eigenvalue weighted by molar-refractivity contribution is 6.29. The van der Waals surface area contributed by atoms with Crippen molar-refractivity contribution in [2.45, 2.75) is 39.3 Å². The smallest absolute Gasteiger partial charge is 0.303 e. The molecule has 1 aromatic heterocycles. The lowest BCUT2D eigenvalue weighted by atomic mass is 10.2. The van der Waals surface area contributed by atoms with Gasteiger partial charge >= 0.3 is 5.97 Å². The van der Waals surface area contributed by atoms with Gasteiger partial charge in [0.05, 0.1) is 12.7 Å². The second-order valence-electron chi connectivity index (χ2n) is 4.62. The highest BCUT2D eigenvalue weighted by Crippen LogP contribution is 2.13. The first-order valence-electron chi connectivity index (χ1n) is 6.03. The van der Waals surface area contributed by atoms with Crippen LogP contribution in [-0.2, 0) is 18.4 Å². The quantitative estimate of drug-likeness (QED) is 0.827. The maximum Gasteiger partial charge on any atom is 0.303 e. The molecule has 0 aliphatic heterocycles. The van der Waals surface area contributed by atoms with Crippen molar-refractivity contribution in [3.8, 4) is 0 Å². The fourth-order valence-electron chi connectivity index (χ4n) is 1.71. The molecule has 1 heterocycles. The highest BCUT2D eigenvalue weighted by atomic mass is 35.5. The lowest BCUT2D eigenvalue weighted by molar-refractivity contribution is -0.137. The fraction of sp³-hybridized carbons (Fsp3) is 0.667. The number of imidazole rings is 1. The molecule has 0 fully saturated rings. The largest absolute Gasteiger partial charge is 0.481 e. The minimum absolute atomic E-state index is 0.199. The summed E-state index contributed by atoms with van der Waals surface area (Å²) in [4.78, 5) is 17.0. The van der Waals surface area contributed by atoms with Crippen LogP contribution >= 0.6 is 11.6 Å². The van der Waals surface area contributed by atoms with Crippen molar-refractivity contribution in [3.05, 3.63) is 17.2 Å². The van der Waals surface area contributed by atoms with Crippen LogP contribution in [0.25, 0.3) is 0 Å². The van der Waals surface area contributed by atoms with Gasteiger partial charge in [0.2, 0.25) is 0 Å². The summed E-state index contributed by atoms with van der Waals surface area (Å²) in [6, 6.07) is 0.342. The average molecular weight is 274 g/mol. The zero-order chi connectivity index (χ0) is 13.7. The molecule has 0 aliphatic carbocycles. The summed E-state index contributed by atoms with van der Waals surface area (Å²) < 4.78 is 1.84. The SMILES string of the molecule is CC(C)N(CCCC(=O)O)Cc1ncc(Cl)n1C. The number of nitrogens with zero attached hydrogens (tertiary/aromatic N) is 3. The van der Waals surface area contributed by atoms with Gasteiger partial charge in [0.15, 0.2) is 0 Å². The number of rotatable bonds is 7. The standard InChI is InChI=1S/C12H20ClN3O2/c1-9(2)16(6-4-5-12(17)18)8-11-14-7-10(13)15(11)3/h7,9H,4-6,8H2,1-3H3,(H,17,18). The lowest BCUT2D eigenvalue weighted by Crippen LogP contribution is -2.32. The Bertz CT molecular complexity index is 404.